The van der Waals surface area contributed by atoms with E-state index in [0.717, 1.165) is 17.0 Å². The molecule has 1 N–H and O–H groups in total. The highest BCUT2D eigenvalue weighted by Gasteiger charge is 2.40. The van der Waals surface area contributed by atoms with Gasteiger partial charge in [0.25, 0.3) is 0 Å². The fraction of sp³-hybridized carbons (Fsp3) is 0.393. The molecule has 1 atom stereocenters. The molecule has 0 fully saturated rings. The number of alkyl halides is 3. The smallest absolute Gasteiger partial charge is 0.416 e. The van der Waals surface area contributed by atoms with Gasteiger partial charge in [-0.1, -0.05) is 45.9 Å². The Morgan fingerprint density at radius 2 is 1.74 bits per heavy atom. The number of likely N-dealkylation sites (N-methyl/N-ethyl adjacent to an activating group) is 1. The molecule has 1 unspecified atom stereocenters. The Morgan fingerprint density at radius 1 is 1.11 bits per heavy atom. The van der Waals surface area contributed by atoms with Crippen molar-refractivity contribution in [2.75, 3.05) is 31.1 Å². The quantitative estimate of drug-likeness (QED) is 0.421. The number of carbonyl (C=O) groups is 2. The van der Waals surface area contributed by atoms with E-state index in [1.54, 1.807) is 31.2 Å². The zero-order valence-corrected chi connectivity index (χ0v) is 22.2. The summed E-state index contributed by atoms with van der Waals surface area (Å²) in [5.74, 6) is -0.689. The summed E-state index contributed by atoms with van der Waals surface area (Å²) in [6.07, 6.45) is -4.61. The van der Waals surface area contributed by atoms with Gasteiger partial charge in [-0.25, -0.2) is 9.59 Å². The fourth-order valence-electron chi connectivity index (χ4n) is 4.02. The van der Waals surface area contributed by atoms with Crippen molar-refractivity contribution in [2.24, 2.45) is 0 Å². The molecule has 2 aromatic rings. The van der Waals surface area contributed by atoms with E-state index in [0.29, 0.717) is 24.2 Å². The van der Waals surface area contributed by atoms with Crippen molar-refractivity contribution in [3.63, 3.8) is 0 Å². The molecule has 0 aliphatic carbocycles. The highest BCUT2D eigenvalue weighted by atomic mass is 19.4. The van der Waals surface area contributed by atoms with Gasteiger partial charge in [-0.05, 0) is 55.9 Å². The normalized spacial score (nSPS) is 15.4. The van der Waals surface area contributed by atoms with Crippen molar-refractivity contribution in [2.45, 2.75) is 46.8 Å². The van der Waals surface area contributed by atoms with Crippen molar-refractivity contribution in [3.05, 3.63) is 76.5 Å². The number of nitriles is 1. The van der Waals surface area contributed by atoms with Gasteiger partial charge < -0.3 is 10.1 Å². The van der Waals surface area contributed by atoms with E-state index < -0.39 is 29.8 Å². The molecule has 7 nitrogen and oxygen atoms in total. The molecule has 38 heavy (non-hydrogen) atoms. The maximum Gasteiger partial charge on any atom is 0.416 e. The van der Waals surface area contributed by atoms with E-state index in [-0.39, 0.29) is 30.1 Å². The maximum atomic E-state index is 13.5. The lowest BCUT2D eigenvalue weighted by molar-refractivity contribution is -0.139. The molecule has 0 radical (unpaired) electrons. The number of rotatable bonds is 8. The lowest BCUT2D eigenvalue weighted by Gasteiger charge is -2.38. The molecule has 0 spiro atoms. The first-order valence-corrected chi connectivity index (χ1v) is 12.5. The molecule has 2 aromatic carbocycles. The molecule has 0 aromatic heterocycles. The summed E-state index contributed by atoms with van der Waals surface area (Å²) in [5, 5.41) is 11.9. The average Bonchev–Trinajstić information content (AvgIpc) is 2.92. The number of amides is 2. The van der Waals surface area contributed by atoms with Crippen molar-refractivity contribution in [1.82, 2.24) is 10.2 Å². The van der Waals surface area contributed by atoms with Crippen LogP contribution in [0.3, 0.4) is 0 Å². The highest BCUT2D eigenvalue weighted by molar-refractivity contribution is 6.03. The molecule has 0 saturated heterocycles. The second-order valence-corrected chi connectivity index (χ2v) is 8.04. The van der Waals surface area contributed by atoms with Gasteiger partial charge >= 0.3 is 18.2 Å². The summed E-state index contributed by atoms with van der Waals surface area (Å²) in [7, 11) is 0. The third-order valence-electron chi connectivity index (χ3n) is 5.91. The molecule has 2 amide bonds. The first kappa shape index (κ1) is 30.4. The number of carbonyl (C=O) groups excluding carboxylic acids is 2. The molecule has 10 heteroatoms. The number of halogens is 3. The number of hydrogen-bond acceptors (Lipinski definition) is 5. The number of esters is 1. The zero-order chi connectivity index (χ0) is 28.5. The average molecular weight is 531 g/mol. The molecule has 0 bridgehead atoms. The number of hydrogen-bond donors (Lipinski definition) is 1. The van der Waals surface area contributed by atoms with Crippen LogP contribution < -0.4 is 10.2 Å². The Kier molecular flexibility index (Phi) is 10.9. The largest absolute Gasteiger partial charge is 0.463 e. The third kappa shape index (κ3) is 6.92. The van der Waals surface area contributed by atoms with E-state index in [1.165, 1.54) is 12.1 Å². The van der Waals surface area contributed by atoms with Gasteiger partial charge in [0.15, 0.2) is 0 Å². The van der Waals surface area contributed by atoms with Gasteiger partial charge in [0.05, 0.1) is 46.8 Å². The maximum absolute atomic E-state index is 13.5. The summed E-state index contributed by atoms with van der Waals surface area (Å²) in [5.41, 5.74) is 0.342. The van der Waals surface area contributed by atoms with Crippen LogP contribution >= 0.6 is 0 Å². The van der Waals surface area contributed by atoms with Crippen molar-refractivity contribution >= 4 is 17.7 Å². The summed E-state index contributed by atoms with van der Waals surface area (Å²) in [6.45, 7) is 10.8. The lowest BCUT2D eigenvalue weighted by atomic mass is 9.93. The SMILES string of the molecule is CC.CCOC(=O)C1=C(CN(CC)CC)N(c2cccc(C(F)(F)F)c2)C(=O)NC1c1ccc(C#N)cc1. The summed E-state index contributed by atoms with van der Waals surface area (Å²) < 4.78 is 45.7. The van der Waals surface area contributed by atoms with Gasteiger partial charge in [-0.2, -0.15) is 18.4 Å². The number of benzene rings is 2. The monoisotopic (exact) mass is 530 g/mol. The second kappa shape index (κ2) is 13.6. The summed E-state index contributed by atoms with van der Waals surface area (Å²) >= 11 is 0. The Labute approximate surface area is 221 Å². The zero-order valence-electron chi connectivity index (χ0n) is 22.2. The van der Waals surface area contributed by atoms with Crippen molar-refractivity contribution in [3.8, 4) is 6.07 Å². The van der Waals surface area contributed by atoms with Crippen molar-refractivity contribution in [1.29, 1.82) is 5.26 Å². The predicted molar refractivity (Wildman–Crippen MR) is 139 cm³/mol. The Morgan fingerprint density at radius 3 is 2.26 bits per heavy atom. The van der Waals surface area contributed by atoms with E-state index in [1.807, 2.05) is 38.7 Å². The number of urea groups is 1. The molecule has 1 aliphatic rings. The predicted octanol–water partition coefficient (Wildman–Crippen LogP) is 6.03. The van der Waals surface area contributed by atoms with Crippen LogP contribution in [0.15, 0.2) is 59.8 Å². The molecule has 204 valence electrons. The summed E-state index contributed by atoms with van der Waals surface area (Å²) in [6, 6.07) is 11.2. The van der Waals surface area contributed by atoms with Crippen LogP contribution in [0.2, 0.25) is 0 Å². The van der Waals surface area contributed by atoms with E-state index in [2.05, 4.69) is 5.32 Å². The van der Waals surface area contributed by atoms with Crippen LogP contribution in [-0.4, -0.2) is 43.1 Å². The van der Waals surface area contributed by atoms with Crippen LogP contribution in [0, 0.1) is 11.3 Å². The molecule has 3 rings (SSSR count). The minimum Gasteiger partial charge on any atom is -0.463 e. The van der Waals surface area contributed by atoms with Crippen LogP contribution in [0.1, 0.15) is 57.4 Å². The Balaban J connectivity index is 0.00000247. The second-order valence-electron chi connectivity index (χ2n) is 8.04. The molecule has 0 saturated carbocycles. The van der Waals surface area contributed by atoms with Gasteiger partial charge in [0.1, 0.15) is 0 Å². The van der Waals surface area contributed by atoms with Gasteiger partial charge in [0, 0.05) is 6.54 Å². The van der Waals surface area contributed by atoms with E-state index in [4.69, 9.17) is 10.00 Å². The number of nitrogens with zero attached hydrogens (tertiary/aromatic N) is 3. The molecule has 1 heterocycles. The standard InChI is InChI=1S/C26H27F3N4O3.C2H6/c1-4-32(5-2)16-21-22(24(34)36-6-3)23(18-12-10-17(15-30)11-13-18)31-25(35)33(21)20-9-7-8-19(14-20)26(27,28)29;1-2/h7-14,23H,4-6,16H2,1-3H3,(H,31,35);1-2H3. The van der Waals surface area contributed by atoms with Crippen LogP contribution in [-0.2, 0) is 15.7 Å². The number of ether oxygens (including phenoxy) is 1. The summed E-state index contributed by atoms with van der Waals surface area (Å²) in [4.78, 5) is 29.8. The lowest BCUT2D eigenvalue weighted by Crippen LogP contribution is -2.51. The van der Waals surface area contributed by atoms with E-state index >= 15 is 0 Å². The molecule has 1 aliphatic heterocycles. The highest BCUT2D eigenvalue weighted by Crippen LogP contribution is 2.37. The van der Waals surface area contributed by atoms with Gasteiger partial charge in [0.2, 0.25) is 0 Å². The minimum atomic E-state index is -4.61. The minimum absolute atomic E-state index is 0.0236. The van der Waals surface area contributed by atoms with Crippen LogP contribution in [0.5, 0.6) is 0 Å². The first-order chi connectivity index (χ1) is 18.1. The topological polar surface area (TPSA) is 85.7 Å². The Bertz CT molecular complexity index is 1180. The van der Waals surface area contributed by atoms with Gasteiger partial charge in [-0.15, -0.1) is 0 Å². The van der Waals surface area contributed by atoms with E-state index in [9.17, 15) is 22.8 Å². The Hall–Kier alpha value is -3.84. The first-order valence-electron chi connectivity index (χ1n) is 12.5. The number of anilines is 1. The van der Waals surface area contributed by atoms with Crippen molar-refractivity contribution < 1.29 is 27.5 Å². The number of nitrogens with one attached hydrogen (secondary N) is 1. The molecular formula is C28H33F3N4O3. The van der Waals surface area contributed by atoms with Gasteiger partial charge in [-0.3, -0.25) is 9.80 Å². The van der Waals surface area contributed by atoms with Crippen LogP contribution in [0.25, 0.3) is 0 Å². The molecular weight excluding hydrogens is 497 g/mol. The van der Waals surface area contributed by atoms with Crippen LogP contribution in [0.4, 0.5) is 23.7 Å². The fourth-order valence-corrected chi connectivity index (χ4v) is 4.02. The third-order valence-corrected chi connectivity index (χ3v) is 5.91.